The Kier molecular flexibility index (Phi) is 10.8. The smallest absolute Gasteiger partial charge is 0.264 e. The van der Waals surface area contributed by atoms with Crippen molar-refractivity contribution in [2.75, 3.05) is 31.6 Å². The molecule has 1 atom stereocenters. The summed E-state index contributed by atoms with van der Waals surface area (Å²) in [6.45, 7) is 3.57. The normalized spacial score (nSPS) is 11.8. The van der Waals surface area contributed by atoms with Gasteiger partial charge in [-0.05, 0) is 55.3 Å². The van der Waals surface area contributed by atoms with Crippen LogP contribution in [0, 0.1) is 0 Å². The number of nitrogens with zero attached hydrogens (tertiary/aromatic N) is 2. The Labute approximate surface area is 240 Å². The molecule has 0 radical (unpaired) electrons. The first kappa shape index (κ1) is 30.8. The minimum Gasteiger partial charge on any atom is -0.493 e. The molecule has 9 nitrogen and oxygen atoms in total. The number of carbonyl (C=O) groups excluding carboxylic acids is 2. The Bertz CT molecular complexity index is 1400. The van der Waals surface area contributed by atoms with Crippen molar-refractivity contribution < 1.29 is 27.5 Å². The lowest BCUT2D eigenvalue weighted by molar-refractivity contribution is -0.139. The van der Waals surface area contributed by atoms with Crippen LogP contribution in [0.25, 0.3) is 0 Å². The fourth-order valence-corrected chi connectivity index (χ4v) is 5.56. The van der Waals surface area contributed by atoms with Gasteiger partial charge in [-0.15, -0.1) is 0 Å². The number of amides is 2. The number of sulfonamides is 1. The molecule has 0 aliphatic rings. The van der Waals surface area contributed by atoms with Gasteiger partial charge in [-0.1, -0.05) is 48.9 Å². The Hall–Kier alpha value is -3.76. The van der Waals surface area contributed by atoms with Crippen LogP contribution < -0.4 is 19.1 Å². The molecule has 1 N–H and O–H groups in total. The van der Waals surface area contributed by atoms with Gasteiger partial charge in [0.25, 0.3) is 10.0 Å². The van der Waals surface area contributed by atoms with Gasteiger partial charge in [0.1, 0.15) is 12.6 Å². The van der Waals surface area contributed by atoms with Gasteiger partial charge in [-0.3, -0.25) is 13.9 Å². The molecule has 0 saturated heterocycles. The summed E-state index contributed by atoms with van der Waals surface area (Å²) < 4.78 is 39.5. The number of carbonyl (C=O) groups is 2. The number of hydrogen-bond acceptors (Lipinski definition) is 6. The van der Waals surface area contributed by atoms with E-state index in [1.54, 1.807) is 19.1 Å². The van der Waals surface area contributed by atoms with Gasteiger partial charge in [-0.25, -0.2) is 8.42 Å². The monoisotopic (exact) mass is 587 g/mol. The molecule has 3 aromatic rings. The molecule has 3 rings (SSSR count). The van der Waals surface area contributed by atoms with Crippen LogP contribution in [0.1, 0.15) is 25.8 Å². The lowest BCUT2D eigenvalue weighted by atomic mass is 10.1. The predicted molar refractivity (Wildman–Crippen MR) is 155 cm³/mol. The highest BCUT2D eigenvalue weighted by molar-refractivity contribution is 7.92. The van der Waals surface area contributed by atoms with Crippen LogP contribution in [0.5, 0.6) is 11.5 Å². The lowest BCUT2D eigenvalue weighted by Gasteiger charge is -2.32. The van der Waals surface area contributed by atoms with Crippen LogP contribution in [0.15, 0.2) is 77.7 Å². The summed E-state index contributed by atoms with van der Waals surface area (Å²) in [6.07, 6.45) is 0.735. The lowest BCUT2D eigenvalue weighted by Crippen LogP contribution is -2.51. The highest BCUT2D eigenvalue weighted by Gasteiger charge is 2.33. The van der Waals surface area contributed by atoms with Gasteiger partial charge < -0.3 is 19.7 Å². The van der Waals surface area contributed by atoms with E-state index < -0.39 is 28.5 Å². The fraction of sp³-hybridized carbons (Fsp3) is 0.310. The second kappa shape index (κ2) is 14.0. The molecule has 0 spiro atoms. The molecule has 0 aromatic heterocycles. The van der Waals surface area contributed by atoms with Gasteiger partial charge in [-0.2, -0.15) is 0 Å². The van der Waals surface area contributed by atoms with E-state index in [0.717, 1.165) is 16.3 Å². The number of nitrogens with one attached hydrogen (secondary N) is 1. The molecule has 214 valence electrons. The average Bonchev–Trinajstić information content (AvgIpc) is 2.97. The zero-order chi connectivity index (χ0) is 29.3. The topological polar surface area (TPSA) is 105 Å². The summed E-state index contributed by atoms with van der Waals surface area (Å²) in [5.41, 5.74) is 1.03. The molecule has 11 heteroatoms. The van der Waals surface area contributed by atoms with Gasteiger partial charge in [0, 0.05) is 24.2 Å². The van der Waals surface area contributed by atoms with Gasteiger partial charge in [0.2, 0.25) is 11.8 Å². The van der Waals surface area contributed by atoms with Crippen molar-refractivity contribution in [3.63, 3.8) is 0 Å². The van der Waals surface area contributed by atoms with Gasteiger partial charge >= 0.3 is 0 Å². The third-order valence-electron chi connectivity index (χ3n) is 6.25. The zero-order valence-corrected chi connectivity index (χ0v) is 24.5. The SMILES string of the molecule is CCCNC(=O)[C@@H](C)N(Cc1ccccc1)C(=O)CN(c1ccc(Cl)cc1)S(=O)(=O)c1ccc(OC)c(OC)c1. The van der Waals surface area contributed by atoms with E-state index in [1.165, 1.54) is 49.5 Å². The summed E-state index contributed by atoms with van der Waals surface area (Å²) in [5.74, 6) is -0.302. The number of benzene rings is 3. The summed E-state index contributed by atoms with van der Waals surface area (Å²) in [5, 5.41) is 3.23. The minimum absolute atomic E-state index is 0.101. The number of anilines is 1. The van der Waals surface area contributed by atoms with E-state index in [2.05, 4.69) is 5.32 Å². The predicted octanol–water partition coefficient (Wildman–Crippen LogP) is 4.50. The first-order valence-electron chi connectivity index (χ1n) is 12.7. The van der Waals surface area contributed by atoms with E-state index >= 15 is 0 Å². The zero-order valence-electron chi connectivity index (χ0n) is 23.0. The van der Waals surface area contributed by atoms with Crippen molar-refractivity contribution in [2.45, 2.75) is 37.8 Å². The first-order valence-corrected chi connectivity index (χ1v) is 14.6. The number of methoxy groups -OCH3 is 2. The highest BCUT2D eigenvalue weighted by Crippen LogP contribution is 2.32. The Morgan fingerprint density at radius 2 is 1.60 bits per heavy atom. The van der Waals surface area contributed by atoms with E-state index in [1.807, 2.05) is 37.3 Å². The fourth-order valence-electron chi connectivity index (χ4n) is 4.00. The van der Waals surface area contributed by atoms with Crippen molar-refractivity contribution in [3.05, 3.63) is 83.4 Å². The van der Waals surface area contributed by atoms with E-state index in [9.17, 15) is 18.0 Å². The molecule has 0 aliphatic carbocycles. The minimum atomic E-state index is -4.28. The summed E-state index contributed by atoms with van der Waals surface area (Å²) >= 11 is 6.07. The van der Waals surface area contributed by atoms with Crippen LogP contribution in [0.3, 0.4) is 0 Å². The van der Waals surface area contributed by atoms with Crippen molar-refractivity contribution >= 4 is 39.1 Å². The summed E-state index contributed by atoms with van der Waals surface area (Å²) in [6, 6.07) is 18.7. The Balaban J connectivity index is 2.04. The van der Waals surface area contributed by atoms with Gasteiger partial charge in [0.15, 0.2) is 11.5 Å². The quantitative estimate of drug-likeness (QED) is 0.316. The number of rotatable bonds is 13. The highest BCUT2D eigenvalue weighted by atomic mass is 35.5. The van der Waals surface area contributed by atoms with E-state index in [-0.39, 0.29) is 28.8 Å². The maximum absolute atomic E-state index is 14.0. The van der Waals surface area contributed by atoms with Crippen molar-refractivity contribution in [3.8, 4) is 11.5 Å². The molecule has 40 heavy (non-hydrogen) atoms. The van der Waals surface area contributed by atoms with Crippen LogP contribution >= 0.6 is 11.6 Å². The molecule has 0 saturated carbocycles. The van der Waals surface area contributed by atoms with E-state index in [0.29, 0.717) is 17.3 Å². The second-order valence-electron chi connectivity index (χ2n) is 8.98. The largest absolute Gasteiger partial charge is 0.493 e. The molecule has 2 amide bonds. The molecule has 0 unspecified atom stereocenters. The average molecular weight is 588 g/mol. The summed E-state index contributed by atoms with van der Waals surface area (Å²) in [7, 11) is -1.43. The van der Waals surface area contributed by atoms with Crippen molar-refractivity contribution in [1.29, 1.82) is 0 Å². The number of ether oxygens (including phenoxy) is 2. The molecular weight excluding hydrogens is 554 g/mol. The third-order valence-corrected chi connectivity index (χ3v) is 8.27. The molecule has 3 aromatic carbocycles. The summed E-state index contributed by atoms with van der Waals surface area (Å²) in [4.78, 5) is 28.1. The third kappa shape index (κ3) is 7.45. The maximum atomic E-state index is 14.0. The van der Waals surface area contributed by atoms with Crippen molar-refractivity contribution in [1.82, 2.24) is 10.2 Å². The van der Waals surface area contributed by atoms with Crippen LogP contribution in [0.4, 0.5) is 5.69 Å². The van der Waals surface area contributed by atoms with Crippen LogP contribution in [-0.4, -0.2) is 58.5 Å². The van der Waals surface area contributed by atoms with Crippen molar-refractivity contribution in [2.24, 2.45) is 0 Å². The standard InChI is InChI=1S/C29H34ClN3O6S/c1-5-17-31-29(35)21(2)32(19-22-9-7-6-8-10-22)28(34)20-33(24-13-11-23(30)12-14-24)40(36,37)25-15-16-26(38-3)27(18-25)39-4/h6-16,18,21H,5,17,19-20H2,1-4H3,(H,31,35)/t21-/m1/s1. The maximum Gasteiger partial charge on any atom is 0.264 e. The van der Waals surface area contributed by atoms with Crippen LogP contribution in [0.2, 0.25) is 5.02 Å². The molecule has 0 bridgehead atoms. The number of hydrogen-bond donors (Lipinski definition) is 1. The van der Waals surface area contributed by atoms with Gasteiger partial charge in [0.05, 0.1) is 24.8 Å². The first-order chi connectivity index (χ1) is 19.1. The van der Waals surface area contributed by atoms with E-state index in [4.69, 9.17) is 21.1 Å². The number of halogens is 1. The molecule has 0 heterocycles. The molecule has 0 aliphatic heterocycles. The van der Waals surface area contributed by atoms with Crippen LogP contribution in [-0.2, 0) is 26.2 Å². The Morgan fingerprint density at radius 1 is 0.950 bits per heavy atom. The molecular formula is C29H34ClN3O6S. The molecule has 0 fully saturated rings. The second-order valence-corrected chi connectivity index (χ2v) is 11.3. The Morgan fingerprint density at radius 3 is 2.20 bits per heavy atom.